The standard InChI is InChI=1S/C23H34N8O/c1-17(2)21-14-20(32-29-21)15-25-23(26-16-22-28-27-18(3)31(22)5)24-12-9-13-30(4)19-10-7-6-8-11-19/h6-8,10-11,14,17H,9,12-13,15-16H2,1-5H3,(H2,24,25,26). The van der Waals surface area contributed by atoms with Crippen molar-refractivity contribution in [1.82, 2.24) is 30.6 Å². The van der Waals surface area contributed by atoms with Crippen LogP contribution in [0, 0.1) is 6.92 Å². The molecule has 0 radical (unpaired) electrons. The summed E-state index contributed by atoms with van der Waals surface area (Å²) in [6.07, 6.45) is 0.967. The second-order valence-electron chi connectivity index (χ2n) is 8.15. The van der Waals surface area contributed by atoms with Crippen LogP contribution < -0.4 is 15.5 Å². The summed E-state index contributed by atoms with van der Waals surface area (Å²) in [5.41, 5.74) is 2.16. The molecule has 0 spiro atoms. The van der Waals surface area contributed by atoms with Crippen LogP contribution in [0.5, 0.6) is 0 Å². The topological polar surface area (TPSA) is 96.4 Å². The SMILES string of the molecule is Cc1nnc(CN=C(NCCCN(C)c2ccccc2)NCc2cc(C(C)C)no2)n1C. The van der Waals surface area contributed by atoms with Crippen molar-refractivity contribution in [3.05, 3.63) is 59.5 Å². The fraction of sp³-hybridized carbons (Fsp3) is 0.478. The van der Waals surface area contributed by atoms with E-state index in [4.69, 9.17) is 9.52 Å². The van der Waals surface area contributed by atoms with E-state index in [1.807, 2.05) is 30.7 Å². The molecular weight excluding hydrogens is 404 g/mol. The Kier molecular flexibility index (Phi) is 8.24. The molecule has 0 fully saturated rings. The molecule has 1 aromatic carbocycles. The van der Waals surface area contributed by atoms with E-state index < -0.39 is 0 Å². The number of aromatic nitrogens is 4. The molecule has 2 aromatic heterocycles. The molecule has 172 valence electrons. The molecule has 9 heteroatoms. The minimum Gasteiger partial charge on any atom is -0.375 e. The first-order valence-corrected chi connectivity index (χ1v) is 11.0. The number of guanidine groups is 1. The normalized spacial score (nSPS) is 11.8. The van der Waals surface area contributed by atoms with Crippen LogP contribution in [0.25, 0.3) is 0 Å². The van der Waals surface area contributed by atoms with Crippen molar-refractivity contribution < 1.29 is 4.52 Å². The quantitative estimate of drug-likeness (QED) is 0.285. The van der Waals surface area contributed by atoms with Gasteiger partial charge in [-0.25, -0.2) is 4.99 Å². The molecule has 0 bridgehead atoms. The fourth-order valence-electron chi connectivity index (χ4n) is 3.10. The van der Waals surface area contributed by atoms with Crippen LogP contribution in [0.15, 0.2) is 45.9 Å². The van der Waals surface area contributed by atoms with Gasteiger partial charge in [-0.3, -0.25) is 0 Å². The van der Waals surface area contributed by atoms with E-state index >= 15 is 0 Å². The van der Waals surface area contributed by atoms with E-state index in [2.05, 4.69) is 76.0 Å². The predicted octanol–water partition coefficient (Wildman–Crippen LogP) is 3.00. The second kappa shape index (κ2) is 11.3. The maximum Gasteiger partial charge on any atom is 0.192 e. The van der Waals surface area contributed by atoms with Gasteiger partial charge in [0, 0.05) is 38.9 Å². The Bertz CT molecular complexity index is 993. The van der Waals surface area contributed by atoms with Crippen LogP contribution in [-0.4, -0.2) is 46.0 Å². The lowest BCUT2D eigenvalue weighted by atomic mass is 10.1. The Hall–Kier alpha value is -3.36. The lowest BCUT2D eigenvalue weighted by Gasteiger charge is -2.19. The first kappa shape index (κ1) is 23.3. The zero-order valence-corrected chi connectivity index (χ0v) is 19.7. The van der Waals surface area contributed by atoms with Crippen LogP contribution in [0.1, 0.15) is 49.3 Å². The lowest BCUT2D eigenvalue weighted by molar-refractivity contribution is 0.372. The van der Waals surface area contributed by atoms with Gasteiger partial charge in [-0.2, -0.15) is 0 Å². The van der Waals surface area contributed by atoms with Gasteiger partial charge in [0.05, 0.1) is 12.2 Å². The predicted molar refractivity (Wildman–Crippen MR) is 127 cm³/mol. The molecule has 32 heavy (non-hydrogen) atoms. The van der Waals surface area contributed by atoms with Crippen LogP contribution in [-0.2, 0) is 20.1 Å². The van der Waals surface area contributed by atoms with E-state index in [1.165, 1.54) is 5.69 Å². The van der Waals surface area contributed by atoms with Crippen molar-refractivity contribution in [1.29, 1.82) is 0 Å². The van der Waals surface area contributed by atoms with E-state index in [0.717, 1.165) is 42.6 Å². The van der Waals surface area contributed by atoms with Crippen molar-refractivity contribution in [2.24, 2.45) is 12.0 Å². The average Bonchev–Trinajstić information content (AvgIpc) is 3.40. The molecule has 3 rings (SSSR count). The summed E-state index contributed by atoms with van der Waals surface area (Å²) >= 11 is 0. The van der Waals surface area contributed by atoms with Crippen LogP contribution >= 0.6 is 0 Å². The summed E-state index contributed by atoms with van der Waals surface area (Å²) in [5, 5.41) is 19.2. The molecule has 0 saturated heterocycles. The monoisotopic (exact) mass is 438 g/mol. The van der Waals surface area contributed by atoms with Gasteiger partial charge in [-0.15, -0.1) is 10.2 Å². The largest absolute Gasteiger partial charge is 0.375 e. The average molecular weight is 439 g/mol. The highest BCUT2D eigenvalue weighted by molar-refractivity contribution is 5.79. The number of hydrogen-bond acceptors (Lipinski definition) is 6. The molecule has 2 N–H and O–H groups in total. The molecule has 2 heterocycles. The van der Waals surface area contributed by atoms with Gasteiger partial charge >= 0.3 is 0 Å². The zero-order valence-electron chi connectivity index (χ0n) is 19.7. The summed E-state index contributed by atoms with van der Waals surface area (Å²) < 4.78 is 7.39. The van der Waals surface area contributed by atoms with E-state index in [1.54, 1.807) is 0 Å². The number of hydrogen-bond donors (Lipinski definition) is 2. The summed E-state index contributed by atoms with van der Waals surface area (Å²) in [6.45, 7) is 8.79. The van der Waals surface area contributed by atoms with Gasteiger partial charge < -0.3 is 24.6 Å². The van der Waals surface area contributed by atoms with Gasteiger partial charge in [0.25, 0.3) is 0 Å². The number of nitrogens with one attached hydrogen (secondary N) is 2. The summed E-state index contributed by atoms with van der Waals surface area (Å²) in [4.78, 5) is 6.94. The maximum atomic E-state index is 5.44. The van der Waals surface area contributed by atoms with Crippen molar-refractivity contribution in [3.63, 3.8) is 0 Å². The van der Waals surface area contributed by atoms with E-state index in [9.17, 15) is 0 Å². The van der Waals surface area contributed by atoms with Gasteiger partial charge in [0.1, 0.15) is 12.4 Å². The van der Waals surface area contributed by atoms with Crippen molar-refractivity contribution in [2.45, 2.75) is 46.2 Å². The Labute approximate surface area is 189 Å². The number of rotatable bonds is 10. The minimum absolute atomic E-state index is 0.333. The molecule has 0 unspecified atom stereocenters. The van der Waals surface area contributed by atoms with Gasteiger partial charge in [0.15, 0.2) is 17.5 Å². The molecule has 0 amide bonds. The first-order valence-electron chi connectivity index (χ1n) is 11.0. The zero-order chi connectivity index (χ0) is 22.9. The smallest absolute Gasteiger partial charge is 0.192 e. The number of aliphatic imine (C=N–C) groups is 1. The number of anilines is 1. The van der Waals surface area contributed by atoms with Crippen molar-refractivity contribution in [3.8, 4) is 0 Å². The lowest BCUT2D eigenvalue weighted by Crippen LogP contribution is -2.38. The van der Waals surface area contributed by atoms with E-state index in [-0.39, 0.29) is 0 Å². The first-order chi connectivity index (χ1) is 15.4. The molecule has 0 saturated carbocycles. The molecular formula is C23H34N8O. The number of benzene rings is 1. The van der Waals surface area contributed by atoms with Gasteiger partial charge in [-0.05, 0) is 31.4 Å². The van der Waals surface area contributed by atoms with Gasteiger partial charge in [0.2, 0.25) is 0 Å². The number of nitrogens with zero attached hydrogens (tertiary/aromatic N) is 6. The molecule has 0 aliphatic rings. The second-order valence-corrected chi connectivity index (χ2v) is 8.15. The van der Waals surface area contributed by atoms with Crippen LogP contribution in [0.4, 0.5) is 5.69 Å². The number of para-hydroxylation sites is 1. The third-order valence-corrected chi connectivity index (χ3v) is 5.32. The Morgan fingerprint density at radius 2 is 1.97 bits per heavy atom. The highest BCUT2D eigenvalue weighted by atomic mass is 16.5. The third-order valence-electron chi connectivity index (χ3n) is 5.32. The molecule has 3 aromatic rings. The third kappa shape index (κ3) is 6.57. The van der Waals surface area contributed by atoms with Crippen molar-refractivity contribution in [2.75, 3.05) is 25.0 Å². The maximum absolute atomic E-state index is 5.44. The van der Waals surface area contributed by atoms with Crippen LogP contribution in [0.3, 0.4) is 0 Å². The van der Waals surface area contributed by atoms with Gasteiger partial charge in [-0.1, -0.05) is 37.2 Å². The summed E-state index contributed by atoms with van der Waals surface area (Å²) in [5.74, 6) is 3.50. The highest BCUT2D eigenvalue weighted by Crippen LogP contribution is 2.14. The Morgan fingerprint density at radius 1 is 1.19 bits per heavy atom. The summed E-state index contributed by atoms with van der Waals surface area (Å²) in [7, 11) is 4.05. The Balaban J connectivity index is 1.56. The van der Waals surface area contributed by atoms with Crippen LogP contribution in [0.2, 0.25) is 0 Å². The molecule has 0 atom stereocenters. The molecule has 0 aliphatic carbocycles. The number of aryl methyl sites for hydroxylation is 1. The summed E-state index contributed by atoms with van der Waals surface area (Å²) in [6, 6.07) is 12.4. The minimum atomic E-state index is 0.333. The van der Waals surface area contributed by atoms with Crippen molar-refractivity contribution >= 4 is 11.6 Å². The fourth-order valence-corrected chi connectivity index (χ4v) is 3.10. The highest BCUT2D eigenvalue weighted by Gasteiger charge is 2.09. The Morgan fingerprint density at radius 3 is 2.62 bits per heavy atom. The molecule has 0 aliphatic heterocycles. The molecule has 9 nitrogen and oxygen atoms in total. The van der Waals surface area contributed by atoms with E-state index in [0.29, 0.717) is 25.0 Å².